The summed E-state index contributed by atoms with van der Waals surface area (Å²) in [6.07, 6.45) is 0.922. The SMILES string of the molecule is Cc1cc(C)c2sc(N(CCCN3CCOCC3)C(=O)c3cccs3)nc2c1.Cl. The summed E-state index contributed by atoms with van der Waals surface area (Å²) in [6, 6.07) is 8.10. The Morgan fingerprint density at radius 3 is 2.79 bits per heavy atom. The second-order valence-corrected chi connectivity index (χ2v) is 9.09. The van der Waals surface area contributed by atoms with Crippen LogP contribution in [0.4, 0.5) is 5.13 Å². The molecular formula is C21H26ClN3O2S2. The molecular weight excluding hydrogens is 426 g/mol. The highest BCUT2D eigenvalue weighted by atomic mass is 35.5. The lowest BCUT2D eigenvalue weighted by Gasteiger charge is -2.27. The van der Waals surface area contributed by atoms with Crippen molar-refractivity contribution in [1.29, 1.82) is 0 Å². The molecule has 0 radical (unpaired) electrons. The Morgan fingerprint density at radius 2 is 2.07 bits per heavy atom. The van der Waals surface area contributed by atoms with E-state index in [2.05, 4.69) is 30.9 Å². The minimum absolute atomic E-state index is 0. The molecule has 0 aliphatic carbocycles. The van der Waals surface area contributed by atoms with Crippen LogP contribution in [0.15, 0.2) is 29.6 Å². The van der Waals surface area contributed by atoms with Crippen LogP contribution in [0.5, 0.6) is 0 Å². The number of anilines is 1. The number of amides is 1. The smallest absolute Gasteiger partial charge is 0.270 e. The highest BCUT2D eigenvalue weighted by Gasteiger charge is 2.23. The monoisotopic (exact) mass is 451 g/mol. The molecule has 1 aliphatic heterocycles. The lowest BCUT2D eigenvalue weighted by molar-refractivity contribution is 0.0376. The Morgan fingerprint density at radius 1 is 1.28 bits per heavy atom. The van der Waals surface area contributed by atoms with Gasteiger partial charge in [0.15, 0.2) is 5.13 Å². The van der Waals surface area contributed by atoms with Gasteiger partial charge in [-0.1, -0.05) is 23.5 Å². The molecule has 1 aromatic carbocycles. The van der Waals surface area contributed by atoms with E-state index in [4.69, 9.17) is 9.72 Å². The van der Waals surface area contributed by atoms with E-state index in [1.165, 1.54) is 22.5 Å². The van der Waals surface area contributed by atoms with E-state index in [-0.39, 0.29) is 18.3 Å². The zero-order valence-corrected chi connectivity index (χ0v) is 19.2. The Hall–Kier alpha value is -1.51. The van der Waals surface area contributed by atoms with Crippen LogP contribution in [0.2, 0.25) is 0 Å². The second kappa shape index (κ2) is 10.00. The molecule has 1 saturated heterocycles. The van der Waals surface area contributed by atoms with Crippen LogP contribution < -0.4 is 4.90 Å². The van der Waals surface area contributed by atoms with Gasteiger partial charge in [-0.15, -0.1) is 23.7 Å². The van der Waals surface area contributed by atoms with Crippen LogP contribution in [0, 0.1) is 13.8 Å². The van der Waals surface area contributed by atoms with Crippen molar-refractivity contribution < 1.29 is 9.53 Å². The molecule has 1 aliphatic rings. The Kier molecular flexibility index (Phi) is 7.65. The number of rotatable bonds is 6. The third-order valence-electron chi connectivity index (χ3n) is 4.98. The summed E-state index contributed by atoms with van der Waals surface area (Å²) in [7, 11) is 0. The third-order valence-corrected chi connectivity index (χ3v) is 7.06. The van der Waals surface area contributed by atoms with Crippen molar-refractivity contribution >= 4 is 56.3 Å². The molecule has 0 atom stereocenters. The first-order valence-electron chi connectivity index (χ1n) is 9.65. The summed E-state index contributed by atoms with van der Waals surface area (Å²) in [5.74, 6) is 0.0467. The molecule has 156 valence electrons. The van der Waals surface area contributed by atoms with Crippen molar-refractivity contribution in [2.75, 3.05) is 44.3 Å². The number of hydrogen-bond acceptors (Lipinski definition) is 6. The van der Waals surface area contributed by atoms with Crippen LogP contribution in [0.3, 0.4) is 0 Å². The summed E-state index contributed by atoms with van der Waals surface area (Å²) in [5.41, 5.74) is 3.40. The van der Waals surface area contributed by atoms with Crippen molar-refractivity contribution in [3.8, 4) is 0 Å². The van der Waals surface area contributed by atoms with E-state index < -0.39 is 0 Å². The number of morpholine rings is 1. The zero-order chi connectivity index (χ0) is 19.5. The van der Waals surface area contributed by atoms with Gasteiger partial charge < -0.3 is 4.74 Å². The number of halogens is 1. The maximum Gasteiger partial charge on any atom is 0.270 e. The average Bonchev–Trinajstić information content (AvgIpc) is 3.35. The van der Waals surface area contributed by atoms with Crippen molar-refractivity contribution in [2.24, 2.45) is 0 Å². The first-order chi connectivity index (χ1) is 13.6. The highest BCUT2D eigenvalue weighted by molar-refractivity contribution is 7.22. The van der Waals surface area contributed by atoms with Crippen LogP contribution in [0.25, 0.3) is 10.2 Å². The second-order valence-electron chi connectivity index (χ2n) is 7.17. The lowest BCUT2D eigenvalue weighted by Crippen LogP contribution is -2.39. The highest BCUT2D eigenvalue weighted by Crippen LogP contribution is 2.33. The molecule has 1 amide bonds. The van der Waals surface area contributed by atoms with Gasteiger partial charge in [0.05, 0.1) is 28.3 Å². The Labute approximate surface area is 185 Å². The molecule has 29 heavy (non-hydrogen) atoms. The maximum atomic E-state index is 13.2. The van der Waals surface area contributed by atoms with Gasteiger partial charge in [0.1, 0.15) is 0 Å². The van der Waals surface area contributed by atoms with E-state index in [0.717, 1.165) is 59.5 Å². The van der Waals surface area contributed by atoms with Crippen LogP contribution in [-0.4, -0.2) is 55.2 Å². The molecule has 2 aromatic heterocycles. The predicted molar refractivity (Wildman–Crippen MR) is 124 cm³/mol. The topological polar surface area (TPSA) is 45.7 Å². The van der Waals surface area contributed by atoms with Crippen molar-refractivity contribution in [2.45, 2.75) is 20.3 Å². The van der Waals surface area contributed by atoms with Gasteiger partial charge in [0.25, 0.3) is 5.91 Å². The molecule has 0 saturated carbocycles. The normalized spacial score (nSPS) is 14.7. The number of carbonyl (C=O) groups is 1. The third kappa shape index (κ3) is 5.16. The van der Waals surface area contributed by atoms with E-state index in [0.29, 0.717) is 6.54 Å². The number of ether oxygens (including phenoxy) is 1. The Bertz CT molecular complexity index is 952. The van der Waals surface area contributed by atoms with Crippen molar-refractivity contribution in [3.05, 3.63) is 45.6 Å². The number of aromatic nitrogens is 1. The number of carbonyl (C=O) groups excluding carboxylic acids is 1. The molecule has 0 unspecified atom stereocenters. The molecule has 0 spiro atoms. The number of thiazole rings is 1. The van der Waals surface area contributed by atoms with Crippen LogP contribution in [-0.2, 0) is 4.74 Å². The van der Waals surface area contributed by atoms with Crippen LogP contribution in [0.1, 0.15) is 27.2 Å². The fourth-order valence-electron chi connectivity index (χ4n) is 3.57. The minimum Gasteiger partial charge on any atom is -0.379 e. The van der Waals surface area contributed by atoms with Gasteiger partial charge in [0, 0.05) is 26.2 Å². The molecule has 3 heterocycles. The van der Waals surface area contributed by atoms with E-state index in [9.17, 15) is 4.79 Å². The van der Waals surface area contributed by atoms with Crippen LogP contribution >= 0.6 is 35.1 Å². The van der Waals surface area contributed by atoms with Gasteiger partial charge >= 0.3 is 0 Å². The van der Waals surface area contributed by atoms with Gasteiger partial charge in [0.2, 0.25) is 0 Å². The molecule has 3 aromatic rings. The summed E-state index contributed by atoms with van der Waals surface area (Å²) >= 11 is 3.10. The largest absolute Gasteiger partial charge is 0.379 e. The fraction of sp³-hybridized carbons (Fsp3) is 0.429. The summed E-state index contributed by atoms with van der Waals surface area (Å²) in [6.45, 7) is 9.38. The molecule has 8 heteroatoms. The summed E-state index contributed by atoms with van der Waals surface area (Å²) in [5, 5.41) is 2.74. The molecule has 0 bridgehead atoms. The van der Waals surface area contributed by atoms with E-state index >= 15 is 0 Å². The van der Waals surface area contributed by atoms with Gasteiger partial charge in [-0.05, 0) is 48.9 Å². The minimum atomic E-state index is 0. The summed E-state index contributed by atoms with van der Waals surface area (Å²) < 4.78 is 6.59. The number of aryl methyl sites for hydroxylation is 2. The number of hydrogen-bond donors (Lipinski definition) is 0. The van der Waals surface area contributed by atoms with Gasteiger partial charge in [-0.25, -0.2) is 4.98 Å². The lowest BCUT2D eigenvalue weighted by atomic mass is 10.1. The first kappa shape index (κ1) is 22.2. The zero-order valence-electron chi connectivity index (χ0n) is 16.7. The van der Waals surface area contributed by atoms with Gasteiger partial charge in [-0.3, -0.25) is 14.6 Å². The Balaban J connectivity index is 0.00000240. The maximum absolute atomic E-state index is 13.2. The van der Waals surface area contributed by atoms with Crippen molar-refractivity contribution in [3.63, 3.8) is 0 Å². The van der Waals surface area contributed by atoms with Crippen molar-refractivity contribution in [1.82, 2.24) is 9.88 Å². The molecule has 4 rings (SSSR count). The molecule has 0 N–H and O–H groups in total. The summed E-state index contributed by atoms with van der Waals surface area (Å²) in [4.78, 5) is 23.0. The predicted octanol–water partition coefficient (Wildman–Crippen LogP) is 4.77. The quantitative estimate of drug-likeness (QED) is 0.541. The number of nitrogens with zero attached hydrogens (tertiary/aromatic N) is 3. The number of fused-ring (bicyclic) bond motifs is 1. The first-order valence-corrected chi connectivity index (χ1v) is 11.3. The standard InChI is InChI=1S/C21H25N3O2S2.ClH/c1-15-13-16(2)19-17(14-15)22-21(28-19)24(20(25)18-5-3-12-27-18)7-4-6-23-8-10-26-11-9-23;/h3,5,12-14H,4,6-11H2,1-2H3;1H. The average molecular weight is 452 g/mol. The fourth-order valence-corrected chi connectivity index (χ4v) is 5.29. The van der Waals surface area contributed by atoms with E-state index in [1.54, 1.807) is 11.3 Å². The number of thiophene rings is 1. The molecule has 1 fully saturated rings. The van der Waals surface area contributed by atoms with Gasteiger partial charge in [-0.2, -0.15) is 0 Å². The van der Waals surface area contributed by atoms with E-state index in [1.807, 2.05) is 22.4 Å². The number of benzene rings is 1. The molecule has 5 nitrogen and oxygen atoms in total.